The average Bonchev–Trinajstić information content (AvgIpc) is 2.86. The maximum absolute atomic E-state index is 9.20. The number of aromatic nitrogens is 3. The van der Waals surface area contributed by atoms with Crippen molar-refractivity contribution >= 4 is 33.2 Å². The highest BCUT2D eigenvalue weighted by molar-refractivity contribution is 9.10. The number of rotatable bonds is 2. The highest BCUT2D eigenvalue weighted by atomic mass is 79.9. The van der Waals surface area contributed by atoms with E-state index >= 15 is 0 Å². The molecule has 0 amide bonds. The predicted octanol–water partition coefficient (Wildman–Crippen LogP) is 3.61. The summed E-state index contributed by atoms with van der Waals surface area (Å²) < 4.78 is 2.61. The van der Waals surface area contributed by atoms with Crippen LogP contribution in [0.3, 0.4) is 0 Å². The molecule has 3 aromatic rings. The fourth-order valence-electron chi connectivity index (χ4n) is 2.05. The van der Waals surface area contributed by atoms with Crippen molar-refractivity contribution in [3.63, 3.8) is 0 Å². The summed E-state index contributed by atoms with van der Waals surface area (Å²) in [5.41, 5.74) is 3.30. The summed E-state index contributed by atoms with van der Waals surface area (Å²) in [5, 5.41) is 14.1. The van der Waals surface area contributed by atoms with Gasteiger partial charge in [0.05, 0.1) is 11.6 Å². The van der Waals surface area contributed by atoms with E-state index in [2.05, 4.69) is 26.0 Å². The first-order valence-electron chi connectivity index (χ1n) is 6.01. The number of aliphatic hydroxyl groups excluding tert-OH is 1. The topological polar surface area (TPSA) is 50.4 Å². The molecule has 0 unspecified atom stereocenters. The van der Waals surface area contributed by atoms with Crippen LogP contribution in [0.1, 0.15) is 11.1 Å². The molecule has 1 N–H and O–H groups in total. The van der Waals surface area contributed by atoms with Crippen molar-refractivity contribution < 1.29 is 5.11 Å². The smallest absolute Gasteiger partial charge is 0.182 e. The summed E-state index contributed by atoms with van der Waals surface area (Å²) in [4.78, 5) is 4.48. The van der Waals surface area contributed by atoms with Crippen molar-refractivity contribution in [2.24, 2.45) is 0 Å². The minimum atomic E-state index is -0.0826. The van der Waals surface area contributed by atoms with Gasteiger partial charge >= 0.3 is 0 Å². The molecule has 0 saturated heterocycles. The molecule has 1 aromatic carbocycles. The van der Waals surface area contributed by atoms with Crippen molar-refractivity contribution in [3.05, 3.63) is 51.1 Å². The van der Waals surface area contributed by atoms with Crippen LogP contribution in [0.25, 0.3) is 17.0 Å². The zero-order valence-corrected chi connectivity index (χ0v) is 13.0. The van der Waals surface area contributed by atoms with Gasteiger partial charge in [0.2, 0.25) is 0 Å². The summed E-state index contributed by atoms with van der Waals surface area (Å²) in [6.07, 6.45) is 1.73. The number of aliphatic hydroxyl groups is 1. The molecule has 0 saturated carbocycles. The molecule has 6 heteroatoms. The number of fused-ring (bicyclic) bond motifs is 1. The molecule has 0 aliphatic heterocycles. The van der Waals surface area contributed by atoms with Crippen molar-refractivity contribution in [2.45, 2.75) is 13.5 Å². The maximum atomic E-state index is 9.20. The summed E-state index contributed by atoms with van der Waals surface area (Å²) in [5.74, 6) is 0.612. The number of hydrogen-bond acceptors (Lipinski definition) is 3. The number of hydrogen-bond donors (Lipinski definition) is 1. The van der Waals surface area contributed by atoms with E-state index < -0.39 is 0 Å². The van der Waals surface area contributed by atoms with E-state index in [1.165, 1.54) is 0 Å². The number of pyridine rings is 1. The summed E-state index contributed by atoms with van der Waals surface area (Å²) >= 11 is 9.67. The van der Waals surface area contributed by atoms with Gasteiger partial charge in [-0.3, -0.25) is 0 Å². The molecule has 4 nitrogen and oxygen atoms in total. The Morgan fingerprint density at radius 3 is 2.95 bits per heavy atom. The van der Waals surface area contributed by atoms with Crippen LogP contribution in [0.15, 0.2) is 34.9 Å². The molecule has 0 radical (unpaired) electrons. The minimum absolute atomic E-state index is 0.0826. The highest BCUT2D eigenvalue weighted by Crippen LogP contribution is 2.28. The maximum Gasteiger partial charge on any atom is 0.182 e. The molecule has 2 heterocycles. The van der Waals surface area contributed by atoms with Crippen LogP contribution in [-0.4, -0.2) is 19.7 Å². The van der Waals surface area contributed by atoms with Crippen LogP contribution >= 0.6 is 27.5 Å². The highest BCUT2D eigenvalue weighted by Gasteiger charge is 2.13. The molecule has 102 valence electrons. The second-order valence-corrected chi connectivity index (χ2v) is 5.73. The standard InChI is InChI=1S/C14H11BrClN3O/c1-8-10(3-2-4-11(8)15)13-17-14-12(16)5-9(7-20)6-19(14)18-13/h2-6,20H,7H2,1H3. The Bertz CT molecular complexity index is 800. The van der Waals surface area contributed by atoms with Crippen LogP contribution in [0.2, 0.25) is 5.02 Å². The van der Waals surface area contributed by atoms with Crippen LogP contribution in [-0.2, 0) is 6.61 Å². The molecule has 0 aliphatic carbocycles. The van der Waals surface area contributed by atoms with E-state index in [-0.39, 0.29) is 6.61 Å². The Labute approximate surface area is 129 Å². The van der Waals surface area contributed by atoms with Crippen molar-refractivity contribution in [3.8, 4) is 11.4 Å². The first-order chi connectivity index (χ1) is 9.60. The van der Waals surface area contributed by atoms with Gasteiger partial charge in [0.1, 0.15) is 0 Å². The van der Waals surface area contributed by atoms with E-state index in [0.29, 0.717) is 22.1 Å². The summed E-state index contributed by atoms with van der Waals surface area (Å²) in [7, 11) is 0. The Kier molecular flexibility index (Phi) is 3.50. The largest absolute Gasteiger partial charge is 0.392 e. The Morgan fingerprint density at radius 1 is 1.40 bits per heavy atom. The Hall–Kier alpha value is -1.43. The zero-order valence-electron chi connectivity index (χ0n) is 10.6. The van der Waals surface area contributed by atoms with E-state index in [1.54, 1.807) is 16.8 Å². The fraction of sp³-hybridized carbons (Fsp3) is 0.143. The second kappa shape index (κ2) is 5.16. The Balaban J connectivity index is 2.23. The quantitative estimate of drug-likeness (QED) is 0.766. The lowest BCUT2D eigenvalue weighted by Gasteiger charge is -2.02. The van der Waals surface area contributed by atoms with Crippen LogP contribution in [0.4, 0.5) is 0 Å². The normalized spacial score (nSPS) is 11.2. The van der Waals surface area contributed by atoms with E-state index in [1.807, 2.05) is 25.1 Å². The molecular formula is C14H11BrClN3O. The van der Waals surface area contributed by atoms with Gasteiger partial charge in [0, 0.05) is 16.2 Å². The monoisotopic (exact) mass is 351 g/mol. The van der Waals surface area contributed by atoms with Gasteiger partial charge in [-0.25, -0.2) is 9.50 Å². The van der Waals surface area contributed by atoms with Gasteiger partial charge < -0.3 is 5.11 Å². The van der Waals surface area contributed by atoms with Crippen LogP contribution in [0.5, 0.6) is 0 Å². The van der Waals surface area contributed by atoms with Crippen molar-refractivity contribution in [1.29, 1.82) is 0 Å². The molecule has 20 heavy (non-hydrogen) atoms. The lowest BCUT2D eigenvalue weighted by atomic mass is 10.1. The molecule has 0 spiro atoms. The minimum Gasteiger partial charge on any atom is -0.392 e. The van der Waals surface area contributed by atoms with Gasteiger partial charge in [-0.15, -0.1) is 5.10 Å². The molecule has 0 bridgehead atoms. The fourth-order valence-corrected chi connectivity index (χ4v) is 2.68. The van der Waals surface area contributed by atoms with Gasteiger partial charge in [-0.1, -0.05) is 39.7 Å². The first kappa shape index (κ1) is 13.5. The van der Waals surface area contributed by atoms with Crippen LogP contribution in [0, 0.1) is 6.92 Å². The second-order valence-electron chi connectivity index (χ2n) is 4.47. The number of nitrogens with zero attached hydrogens (tertiary/aromatic N) is 3. The number of benzene rings is 1. The van der Waals surface area contributed by atoms with Crippen molar-refractivity contribution in [2.75, 3.05) is 0 Å². The molecule has 0 aliphatic rings. The molecule has 0 atom stereocenters. The summed E-state index contributed by atoms with van der Waals surface area (Å²) in [6.45, 7) is 1.92. The van der Waals surface area contributed by atoms with Crippen molar-refractivity contribution in [1.82, 2.24) is 14.6 Å². The third kappa shape index (κ3) is 2.22. The third-order valence-electron chi connectivity index (χ3n) is 3.14. The molecular weight excluding hydrogens is 342 g/mol. The molecule has 2 aromatic heterocycles. The van der Waals surface area contributed by atoms with Gasteiger partial charge in [0.25, 0.3) is 0 Å². The lowest BCUT2D eigenvalue weighted by molar-refractivity contribution is 0.281. The molecule has 3 rings (SSSR count). The zero-order chi connectivity index (χ0) is 14.3. The predicted molar refractivity (Wildman–Crippen MR) is 81.8 cm³/mol. The van der Waals surface area contributed by atoms with E-state index in [0.717, 1.165) is 15.6 Å². The lowest BCUT2D eigenvalue weighted by Crippen LogP contribution is -1.93. The first-order valence-corrected chi connectivity index (χ1v) is 7.18. The number of halogens is 2. The molecule has 0 fully saturated rings. The van der Waals surface area contributed by atoms with E-state index in [4.69, 9.17) is 11.6 Å². The SMILES string of the molecule is Cc1c(Br)cccc1-c1nc2c(Cl)cc(CO)cn2n1. The van der Waals surface area contributed by atoms with Gasteiger partial charge in [-0.2, -0.15) is 0 Å². The van der Waals surface area contributed by atoms with Gasteiger partial charge in [-0.05, 0) is 30.2 Å². The van der Waals surface area contributed by atoms with Crippen LogP contribution < -0.4 is 0 Å². The van der Waals surface area contributed by atoms with Gasteiger partial charge in [0.15, 0.2) is 11.5 Å². The average molecular weight is 353 g/mol. The van der Waals surface area contributed by atoms with E-state index in [9.17, 15) is 5.11 Å². The summed E-state index contributed by atoms with van der Waals surface area (Å²) in [6, 6.07) is 7.59. The third-order valence-corrected chi connectivity index (χ3v) is 4.27. The Morgan fingerprint density at radius 2 is 2.20 bits per heavy atom.